The van der Waals surface area contributed by atoms with Crippen LogP contribution in [0.1, 0.15) is 12.7 Å². The van der Waals surface area contributed by atoms with Crippen molar-refractivity contribution in [2.45, 2.75) is 19.5 Å². The van der Waals surface area contributed by atoms with Crippen molar-refractivity contribution >= 4 is 11.9 Å². The van der Waals surface area contributed by atoms with Gasteiger partial charge in [0.25, 0.3) is 0 Å². The fourth-order valence-electron chi connectivity index (χ4n) is 2.29. The Morgan fingerprint density at radius 1 is 1.26 bits per heavy atom. The summed E-state index contributed by atoms with van der Waals surface area (Å²) in [7, 11) is 5.95. The molecule has 1 aliphatic heterocycles. The number of hydrogen-bond acceptors (Lipinski definition) is 7. The second-order valence-electron chi connectivity index (χ2n) is 5.39. The van der Waals surface area contributed by atoms with Crippen LogP contribution in [0.25, 0.3) is 0 Å². The fourth-order valence-corrected chi connectivity index (χ4v) is 2.29. The average molecular weight is 265 g/mol. The molecule has 0 spiro atoms. The summed E-state index contributed by atoms with van der Waals surface area (Å²) in [6, 6.07) is 0.500. The SMILES string of the molecule is CC1CN(C)CCN1Cc1nc(N)nc(N(C)C)n1. The van der Waals surface area contributed by atoms with Gasteiger partial charge in [-0.05, 0) is 14.0 Å². The highest BCUT2D eigenvalue weighted by Crippen LogP contribution is 2.13. The van der Waals surface area contributed by atoms with Gasteiger partial charge in [0.1, 0.15) is 5.82 Å². The molecule has 1 saturated heterocycles. The maximum Gasteiger partial charge on any atom is 0.229 e. The van der Waals surface area contributed by atoms with Crippen LogP contribution in [0.4, 0.5) is 11.9 Å². The van der Waals surface area contributed by atoms with E-state index in [1.54, 1.807) is 0 Å². The number of hydrogen-bond donors (Lipinski definition) is 1. The van der Waals surface area contributed by atoms with Crippen LogP contribution in [0.3, 0.4) is 0 Å². The third-order valence-electron chi connectivity index (χ3n) is 3.40. The quantitative estimate of drug-likeness (QED) is 0.801. The molecular weight excluding hydrogens is 242 g/mol. The Balaban J connectivity index is 2.10. The highest BCUT2D eigenvalue weighted by atomic mass is 15.3. The first kappa shape index (κ1) is 14.0. The van der Waals surface area contributed by atoms with Crippen molar-refractivity contribution in [2.24, 2.45) is 0 Å². The zero-order valence-corrected chi connectivity index (χ0v) is 12.2. The summed E-state index contributed by atoms with van der Waals surface area (Å²) in [5, 5.41) is 0. The van der Waals surface area contributed by atoms with Crippen LogP contribution in [0, 0.1) is 0 Å². The maximum absolute atomic E-state index is 5.74. The molecule has 0 aromatic carbocycles. The molecule has 106 valence electrons. The van der Waals surface area contributed by atoms with E-state index in [9.17, 15) is 0 Å². The van der Waals surface area contributed by atoms with Gasteiger partial charge >= 0.3 is 0 Å². The molecule has 0 saturated carbocycles. The first-order chi connectivity index (χ1) is 8.95. The van der Waals surface area contributed by atoms with Crippen LogP contribution >= 0.6 is 0 Å². The summed E-state index contributed by atoms with van der Waals surface area (Å²) >= 11 is 0. The van der Waals surface area contributed by atoms with Crippen LogP contribution in [-0.4, -0.2) is 71.6 Å². The van der Waals surface area contributed by atoms with Crippen molar-refractivity contribution in [2.75, 3.05) is 51.4 Å². The van der Waals surface area contributed by atoms with Gasteiger partial charge in [0.05, 0.1) is 6.54 Å². The van der Waals surface area contributed by atoms with Crippen molar-refractivity contribution < 1.29 is 0 Å². The predicted octanol–water partition coefficient (Wildman–Crippen LogP) is -0.344. The molecule has 1 aromatic rings. The number of anilines is 2. The van der Waals surface area contributed by atoms with E-state index < -0.39 is 0 Å². The minimum Gasteiger partial charge on any atom is -0.368 e. The van der Waals surface area contributed by atoms with Gasteiger partial charge < -0.3 is 15.5 Å². The van der Waals surface area contributed by atoms with Gasteiger partial charge in [-0.25, -0.2) is 0 Å². The molecule has 7 heteroatoms. The number of piperazine rings is 1. The van der Waals surface area contributed by atoms with E-state index in [4.69, 9.17) is 5.73 Å². The molecule has 1 unspecified atom stereocenters. The number of rotatable bonds is 3. The van der Waals surface area contributed by atoms with Gasteiger partial charge in [0.2, 0.25) is 11.9 Å². The summed E-state index contributed by atoms with van der Waals surface area (Å²) in [5.41, 5.74) is 5.74. The van der Waals surface area contributed by atoms with Crippen LogP contribution in [0.15, 0.2) is 0 Å². The first-order valence-electron chi connectivity index (χ1n) is 6.56. The summed E-state index contributed by atoms with van der Waals surface area (Å²) in [5.74, 6) is 1.65. The van der Waals surface area contributed by atoms with Crippen LogP contribution in [0.2, 0.25) is 0 Å². The van der Waals surface area contributed by atoms with Gasteiger partial charge in [0.15, 0.2) is 0 Å². The maximum atomic E-state index is 5.74. The molecule has 2 heterocycles. The topological polar surface area (TPSA) is 74.4 Å². The van der Waals surface area contributed by atoms with E-state index in [1.165, 1.54) is 0 Å². The Morgan fingerprint density at radius 2 is 2.00 bits per heavy atom. The lowest BCUT2D eigenvalue weighted by Gasteiger charge is -2.37. The van der Waals surface area contributed by atoms with Gasteiger partial charge in [-0.3, -0.25) is 4.90 Å². The third kappa shape index (κ3) is 3.51. The summed E-state index contributed by atoms with van der Waals surface area (Å²) in [6.07, 6.45) is 0. The Hall–Kier alpha value is -1.47. The highest BCUT2D eigenvalue weighted by molar-refractivity contribution is 5.32. The highest BCUT2D eigenvalue weighted by Gasteiger charge is 2.22. The van der Waals surface area contributed by atoms with Gasteiger partial charge in [-0.2, -0.15) is 15.0 Å². The van der Waals surface area contributed by atoms with Gasteiger partial charge in [-0.15, -0.1) is 0 Å². The van der Waals surface area contributed by atoms with E-state index in [1.807, 2.05) is 19.0 Å². The normalized spacial score (nSPS) is 21.6. The zero-order valence-electron chi connectivity index (χ0n) is 12.2. The Morgan fingerprint density at radius 3 is 2.63 bits per heavy atom. The monoisotopic (exact) mass is 265 g/mol. The number of nitrogen functional groups attached to an aromatic ring is 1. The average Bonchev–Trinajstić information content (AvgIpc) is 2.32. The molecule has 7 nitrogen and oxygen atoms in total. The number of likely N-dealkylation sites (N-methyl/N-ethyl adjacent to an activating group) is 1. The van der Waals surface area contributed by atoms with Crippen LogP contribution in [0.5, 0.6) is 0 Å². The molecule has 0 bridgehead atoms. The molecular formula is C12H23N7. The number of nitrogens with two attached hydrogens (primary N) is 1. The third-order valence-corrected chi connectivity index (χ3v) is 3.40. The van der Waals surface area contributed by atoms with Crippen molar-refractivity contribution in [1.29, 1.82) is 0 Å². The minimum absolute atomic E-state index is 0.287. The van der Waals surface area contributed by atoms with E-state index >= 15 is 0 Å². The predicted molar refractivity (Wildman–Crippen MR) is 75.9 cm³/mol. The lowest BCUT2D eigenvalue weighted by Crippen LogP contribution is -2.50. The van der Waals surface area contributed by atoms with E-state index in [2.05, 4.69) is 38.7 Å². The molecule has 1 atom stereocenters. The molecule has 2 N–H and O–H groups in total. The van der Waals surface area contributed by atoms with Gasteiger partial charge in [0, 0.05) is 39.8 Å². The molecule has 0 amide bonds. The second kappa shape index (κ2) is 5.66. The first-order valence-corrected chi connectivity index (χ1v) is 6.56. The molecule has 1 aromatic heterocycles. The van der Waals surface area contributed by atoms with E-state index in [-0.39, 0.29) is 5.95 Å². The van der Waals surface area contributed by atoms with E-state index in [0.717, 1.165) is 32.0 Å². The van der Waals surface area contributed by atoms with Crippen LogP contribution < -0.4 is 10.6 Å². The lowest BCUT2D eigenvalue weighted by atomic mass is 10.2. The minimum atomic E-state index is 0.287. The van der Waals surface area contributed by atoms with Crippen molar-refractivity contribution in [1.82, 2.24) is 24.8 Å². The van der Waals surface area contributed by atoms with Crippen molar-refractivity contribution in [3.8, 4) is 0 Å². The van der Waals surface area contributed by atoms with Gasteiger partial charge in [-0.1, -0.05) is 0 Å². The van der Waals surface area contributed by atoms with Crippen LogP contribution in [-0.2, 0) is 6.54 Å². The Bertz CT molecular complexity index is 434. The summed E-state index contributed by atoms with van der Waals surface area (Å²) in [4.78, 5) is 19.4. The molecule has 1 aliphatic rings. The summed E-state index contributed by atoms with van der Waals surface area (Å²) in [6.45, 7) is 6.13. The molecule has 19 heavy (non-hydrogen) atoms. The number of aromatic nitrogens is 3. The fraction of sp³-hybridized carbons (Fsp3) is 0.750. The largest absolute Gasteiger partial charge is 0.368 e. The smallest absolute Gasteiger partial charge is 0.229 e. The molecule has 0 radical (unpaired) electrons. The van der Waals surface area contributed by atoms with E-state index in [0.29, 0.717) is 12.0 Å². The van der Waals surface area contributed by atoms with Crippen molar-refractivity contribution in [3.63, 3.8) is 0 Å². The molecule has 2 rings (SSSR count). The Kier molecular flexibility index (Phi) is 4.16. The molecule has 0 aliphatic carbocycles. The lowest BCUT2D eigenvalue weighted by molar-refractivity contribution is 0.0915. The Labute approximate surface area is 114 Å². The second-order valence-corrected chi connectivity index (χ2v) is 5.39. The zero-order chi connectivity index (χ0) is 14.0. The van der Waals surface area contributed by atoms with Crippen molar-refractivity contribution in [3.05, 3.63) is 5.82 Å². The summed E-state index contributed by atoms with van der Waals surface area (Å²) < 4.78 is 0. The standard InChI is InChI=1S/C12H23N7/c1-9-7-18(4)5-6-19(9)8-10-14-11(13)16-12(15-10)17(2)3/h9H,5-8H2,1-4H3,(H2,13,14,15,16). The number of nitrogens with zero attached hydrogens (tertiary/aromatic N) is 6. The molecule has 1 fully saturated rings.